The predicted octanol–water partition coefficient (Wildman–Crippen LogP) is 3.98. The number of anilines is 1. The summed E-state index contributed by atoms with van der Waals surface area (Å²) in [5, 5.41) is 7.28. The number of hydrogen-bond donors (Lipinski definition) is 1. The first-order valence-electron chi connectivity index (χ1n) is 8.55. The van der Waals surface area contributed by atoms with Crippen molar-refractivity contribution >= 4 is 29.3 Å². The van der Waals surface area contributed by atoms with Gasteiger partial charge >= 0.3 is 0 Å². The SMILES string of the molecule is CCOc1c(Cl)cc(/C=C/C(=O)Nc2ccc(-n3cncn3)cc2)cc1OC. The molecular weight excluding hydrogens is 380 g/mol. The second-order valence-electron chi connectivity index (χ2n) is 5.68. The molecule has 0 aliphatic carbocycles. The zero-order valence-electron chi connectivity index (χ0n) is 15.4. The van der Waals surface area contributed by atoms with Crippen molar-refractivity contribution in [2.75, 3.05) is 19.0 Å². The summed E-state index contributed by atoms with van der Waals surface area (Å²) < 4.78 is 12.4. The number of aromatic nitrogens is 3. The molecule has 8 heteroatoms. The molecule has 7 nitrogen and oxygen atoms in total. The fraction of sp³-hybridized carbons (Fsp3) is 0.150. The zero-order valence-corrected chi connectivity index (χ0v) is 16.2. The Morgan fingerprint density at radius 1 is 1.29 bits per heavy atom. The average Bonchev–Trinajstić information content (AvgIpc) is 3.23. The minimum Gasteiger partial charge on any atom is -0.493 e. The predicted molar refractivity (Wildman–Crippen MR) is 108 cm³/mol. The van der Waals surface area contributed by atoms with Gasteiger partial charge in [0.25, 0.3) is 0 Å². The van der Waals surface area contributed by atoms with Crippen molar-refractivity contribution in [3.63, 3.8) is 0 Å². The number of nitrogens with one attached hydrogen (secondary N) is 1. The van der Waals surface area contributed by atoms with Crippen LogP contribution in [-0.4, -0.2) is 34.4 Å². The van der Waals surface area contributed by atoms with E-state index in [9.17, 15) is 4.79 Å². The van der Waals surface area contributed by atoms with E-state index in [1.165, 1.54) is 19.5 Å². The Morgan fingerprint density at radius 2 is 2.07 bits per heavy atom. The summed E-state index contributed by atoms with van der Waals surface area (Å²) in [7, 11) is 1.54. The molecule has 2 aromatic carbocycles. The molecule has 144 valence electrons. The minimum atomic E-state index is -0.266. The van der Waals surface area contributed by atoms with Crippen molar-refractivity contribution in [1.82, 2.24) is 14.8 Å². The molecule has 28 heavy (non-hydrogen) atoms. The van der Waals surface area contributed by atoms with Crippen LogP contribution in [0.2, 0.25) is 5.02 Å². The molecule has 0 bridgehead atoms. The summed E-state index contributed by atoms with van der Waals surface area (Å²) >= 11 is 6.24. The summed E-state index contributed by atoms with van der Waals surface area (Å²) in [4.78, 5) is 16.1. The van der Waals surface area contributed by atoms with E-state index < -0.39 is 0 Å². The number of methoxy groups -OCH3 is 1. The van der Waals surface area contributed by atoms with Crippen LogP contribution in [0.4, 0.5) is 5.69 Å². The fourth-order valence-corrected chi connectivity index (χ4v) is 2.79. The summed E-state index contributed by atoms with van der Waals surface area (Å²) in [6.07, 6.45) is 6.15. The Hall–Kier alpha value is -3.32. The van der Waals surface area contributed by atoms with E-state index >= 15 is 0 Å². The quantitative estimate of drug-likeness (QED) is 0.609. The van der Waals surface area contributed by atoms with Crippen molar-refractivity contribution in [3.05, 3.63) is 65.7 Å². The van der Waals surface area contributed by atoms with Crippen LogP contribution in [0.1, 0.15) is 12.5 Å². The molecule has 0 saturated heterocycles. The molecule has 0 radical (unpaired) electrons. The molecule has 1 heterocycles. The number of halogens is 1. The monoisotopic (exact) mass is 398 g/mol. The smallest absolute Gasteiger partial charge is 0.248 e. The number of benzene rings is 2. The van der Waals surface area contributed by atoms with Gasteiger partial charge in [0.05, 0.1) is 24.4 Å². The van der Waals surface area contributed by atoms with Gasteiger partial charge in [-0.2, -0.15) is 5.10 Å². The number of hydrogen-bond acceptors (Lipinski definition) is 5. The Kier molecular flexibility index (Phi) is 6.29. The van der Waals surface area contributed by atoms with Crippen molar-refractivity contribution in [2.45, 2.75) is 6.92 Å². The van der Waals surface area contributed by atoms with Gasteiger partial charge in [-0.25, -0.2) is 9.67 Å². The molecule has 1 N–H and O–H groups in total. The highest BCUT2D eigenvalue weighted by Crippen LogP contribution is 2.36. The number of carbonyl (C=O) groups excluding carboxylic acids is 1. The average molecular weight is 399 g/mol. The van der Waals surface area contributed by atoms with Crippen LogP contribution in [-0.2, 0) is 4.79 Å². The number of amides is 1. The lowest BCUT2D eigenvalue weighted by atomic mass is 10.2. The van der Waals surface area contributed by atoms with Gasteiger partial charge in [-0.1, -0.05) is 11.6 Å². The Bertz CT molecular complexity index is 970. The van der Waals surface area contributed by atoms with E-state index in [4.69, 9.17) is 21.1 Å². The molecule has 1 aromatic heterocycles. The van der Waals surface area contributed by atoms with Gasteiger partial charge in [0, 0.05) is 11.8 Å². The molecule has 3 aromatic rings. The van der Waals surface area contributed by atoms with Crippen LogP contribution in [0, 0.1) is 0 Å². The fourth-order valence-electron chi connectivity index (χ4n) is 2.52. The van der Waals surface area contributed by atoms with Crippen LogP contribution in [0.5, 0.6) is 11.5 Å². The first-order chi connectivity index (χ1) is 13.6. The van der Waals surface area contributed by atoms with Crippen molar-refractivity contribution in [3.8, 4) is 17.2 Å². The highest BCUT2D eigenvalue weighted by molar-refractivity contribution is 6.32. The van der Waals surface area contributed by atoms with Crippen molar-refractivity contribution < 1.29 is 14.3 Å². The van der Waals surface area contributed by atoms with Crippen molar-refractivity contribution in [1.29, 1.82) is 0 Å². The molecule has 0 fully saturated rings. The van der Waals surface area contributed by atoms with E-state index in [0.29, 0.717) is 28.8 Å². The van der Waals surface area contributed by atoms with Gasteiger partial charge in [-0.3, -0.25) is 4.79 Å². The molecule has 0 saturated carbocycles. The Morgan fingerprint density at radius 3 is 2.71 bits per heavy atom. The minimum absolute atomic E-state index is 0.266. The van der Waals surface area contributed by atoms with Crippen LogP contribution in [0.3, 0.4) is 0 Å². The molecule has 1 amide bonds. The molecular formula is C20H19ClN4O3. The molecule has 3 rings (SSSR count). The third-order valence-corrected chi connectivity index (χ3v) is 4.07. The highest BCUT2D eigenvalue weighted by atomic mass is 35.5. The second kappa shape index (κ2) is 9.05. The third-order valence-electron chi connectivity index (χ3n) is 3.79. The summed E-state index contributed by atoms with van der Waals surface area (Å²) in [5.74, 6) is 0.733. The zero-order chi connectivity index (χ0) is 19.9. The maximum atomic E-state index is 12.2. The summed E-state index contributed by atoms with van der Waals surface area (Å²) in [6, 6.07) is 10.7. The van der Waals surface area contributed by atoms with Gasteiger partial charge in [-0.15, -0.1) is 0 Å². The molecule has 0 aliphatic rings. The van der Waals surface area contributed by atoms with Crippen LogP contribution < -0.4 is 14.8 Å². The third kappa shape index (κ3) is 4.69. The van der Waals surface area contributed by atoms with E-state index in [1.54, 1.807) is 41.4 Å². The van der Waals surface area contributed by atoms with E-state index in [2.05, 4.69) is 15.4 Å². The Labute approximate surface area is 167 Å². The maximum Gasteiger partial charge on any atom is 0.248 e. The van der Waals surface area contributed by atoms with Crippen LogP contribution >= 0.6 is 11.6 Å². The van der Waals surface area contributed by atoms with Crippen LogP contribution in [0.15, 0.2) is 55.1 Å². The molecule has 0 spiro atoms. The van der Waals surface area contributed by atoms with E-state index in [0.717, 1.165) is 11.3 Å². The largest absolute Gasteiger partial charge is 0.493 e. The first kappa shape index (κ1) is 19.4. The standard InChI is InChI=1S/C20H19ClN4O3/c1-3-28-20-17(21)10-14(11-18(20)27-2)4-9-19(26)24-15-5-7-16(8-6-15)25-13-22-12-23-25/h4-13H,3H2,1-2H3,(H,24,26)/b9-4+. The van der Waals surface area contributed by atoms with Gasteiger partial charge in [0.2, 0.25) is 5.91 Å². The number of rotatable bonds is 7. The van der Waals surface area contributed by atoms with Gasteiger partial charge < -0.3 is 14.8 Å². The van der Waals surface area contributed by atoms with Crippen LogP contribution in [0.25, 0.3) is 11.8 Å². The van der Waals surface area contributed by atoms with Gasteiger partial charge in [0.1, 0.15) is 12.7 Å². The summed E-state index contributed by atoms with van der Waals surface area (Å²) in [5.41, 5.74) is 2.24. The highest BCUT2D eigenvalue weighted by Gasteiger charge is 2.10. The molecule has 0 unspecified atom stereocenters. The molecule has 0 aliphatic heterocycles. The lowest BCUT2D eigenvalue weighted by molar-refractivity contribution is -0.111. The van der Waals surface area contributed by atoms with Crippen molar-refractivity contribution in [2.24, 2.45) is 0 Å². The number of nitrogens with zero attached hydrogens (tertiary/aromatic N) is 3. The first-order valence-corrected chi connectivity index (χ1v) is 8.93. The lowest BCUT2D eigenvalue weighted by Crippen LogP contribution is -2.07. The van der Waals surface area contributed by atoms with Gasteiger partial charge in [0.15, 0.2) is 11.5 Å². The van der Waals surface area contributed by atoms with E-state index in [-0.39, 0.29) is 5.91 Å². The lowest BCUT2D eigenvalue weighted by Gasteiger charge is -2.11. The summed E-state index contributed by atoms with van der Waals surface area (Å²) in [6.45, 7) is 2.34. The second-order valence-corrected chi connectivity index (χ2v) is 6.08. The molecule has 0 atom stereocenters. The topological polar surface area (TPSA) is 78.3 Å². The number of carbonyl (C=O) groups is 1. The maximum absolute atomic E-state index is 12.2. The Balaban J connectivity index is 1.67. The van der Waals surface area contributed by atoms with E-state index in [1.807, 2.05) is 19.1 Å². The normalized spacial score (nSPS) is 10.8. The van der Waals surface area contributed by atoms with Gasteiger partial charge in [-0.05, 0) is 55.0 Å². The number of ether oxygens (including phenoxy) is 2.